The van der Waals surface area contributed by atoms with Crippen molar-refractivity contribution >= 4 is 32.8 Å². The van der Waals surface area contributed by atoms with E-state index in [9.17, 15) is 5.11 Å². The molecule has 6 heteroatoms. The second-order valence-electron chi connectivity index (χ2n) is 15.5. The molecule has 0 amide bonds. The monoisotopic (exact) mass is 930 g/mol. The van der Waals surface area contributed by atoms with Crippen LogP contribution in [0.2, 0.25) is 0 Å². The van der Waals surface area contributed by atoms with Gasteiger partial charge in [0.25, 0.3) is 0 Å². The van der Waals surface area contributed by atoms with Crippen molar-refractivity contribution in [3.8, 4) is 62.0 Å². The topological polar surface area (TPSA) is 55.9 Å². The molecular formula is C52H39N4OPt-. The molecule has 0 fully saturated rings. The molecule has 0 atom stereocenters. The Morgan fingerprint density at radius 1 is 0.569 bits per heavy atom. The second-order valence-corrected chi connectivity index (χ2v) is 15.5. The average molecular weight is 931 g/mol. The summed E-state index contributed by atoms with van der Waals surface area (Å²) in [5.74, 6) is 0.830. The van der Waals surface area contributed by atoms with Gasteiger partial charge in [0.2, 0.25) is 0 Å². The van der Waals surface area contributed by atoms with E-state index < -0.39 is 0 Å². The third-order valence-corrected chi connectivity index (χ3v) is 11.0. The Balaban J connectivity index is 0.00000436. The summed E-state index contributed by atoms with van der Waals surface area (Å²) in [5.41, 5.74) is 13.6. The maximum Gasteiger partial charge on any atom is 0.148 e. The Hall–Kier alpha value is -6.55. The molecule has 0 radical (unpaired) electrons. The number of fused-ring (bicyclic) bond motifs is 4. The number of hydrogen-bond acceptors (Lipinski definition) is 3. The van der Waals surface area contributed by atoms with E-state index in [1.54, 1.807) is 6.07 Å². The van der Waals surface area contributed by atoms with Crippen LogP contribution in [0.4, 0.5) is 0 Å². The number of aromatic hydroxyl groups is 1. The van der Waals surface area contributed by atoms with Crippen LogP contribution >= 0.6 is 0 Å². The summed E-state index contributed by atoms with van der Waals surface area (Å²) in [6.45, 7) is 6.72. The minimum absolute atomic E-state index is 0. The first kappa shape index (κ1) is 37.0. The van der Waals surface area contributed by atoms with Gasteiger partial charge >= 0.3 is 0 Å². The molecule has 0 aliphatic carbocycles. The number of hydrogen-bond donors (Lipinski definition) is 1. The molecule has 0 aliphatic heterocycles. The number of phenolic OH excluding ortho intramolecular Hbond substituents is 1. The summed E-state index contributed by atoms with van der Waals surface area (Å²) < 4.78 is 4.51. The molecule has 10 aromatic rings. The molecule has 10 rings (SSSR count). The largest absolute Gasteiger partial charge is 0.507 e. The van der Waals surface area contributed by atoms with Crippen molar-refractivity contribution in [1.82, 2.24) is 19.1 Å². The number of aromatic nitrogens is 4. The first-order chi connectivity index (χ1) is 27.8. The molecule has 0 saturated carbocycles. The quantitative estimate of drug-likeness (QED) is 0.169. The van der Waals surface area contributed by atoms with Gasteiger partial charge in [-0.1, -0.05) is 129 Å². The van der Waals surface area contributed by atoms with Crippen molar-refractivity contribution in [2.24, 2.45) is 0 Å². The van der Waals surface area contributed by atoms with Crippen LogP contribution in [0.25, 0.3) is 89.1 Å². The predicted molar refractivity (Wildman–Crippen MR) is 234 cm³/mol. The van der Waals surface area contributed by atoms with Crippen LogP contribution in [0.5, 0.6) is 5.75 Å². The molecule has 1 N–H and O–H groups in total. The van der Waals surface area contributed by atoms with E-state index in [4.69, 9.17) is 9.97 Å². The van der Waals surface area contributed by atoms with E-state index >= 15 is 0 Å². The van der Waals surface area contributed by atoms with Crippen molar-refractivity contribution < 1.29 is 26.2 Å². The maximum absolute atomic E-state index is 11.3. The summed E-state index contributed by atoms with van der Waals surface area (Å²) in [5, 5.41) is 13.6. The standard InChI is InChI=1S/C52H39N4O.Pt/c1-52(2,3)37-28-29-45(43(33-37)34-16-6-4-7-17-34)56-46-26-15-24-39(49(46)54-51(56)42-23-11-13-27-47(42)57)35-18-14-19-36(32-35)48-50-41(30-31-53-48)40-22-10-12-25-44(40)55(50)38-20-8-5-9-21-38;/h4-31,33,57H,1-3H3;/q-1;. The molecule has 58 heavy (non-hydrogen) atoms. The number of nitrogens with zero attached hydrogens (tertiary/aromatic N) is 4. The summed E-state index contributed by atoms with van der Waals surface area (Å²) >= 11 is 0. The van der Waals surface area contributed by atoms with Gasteiger partial charge in [0.05, 0.1) is 27.8 Å². The number of phenols is 1. The van der Waals surface area contributed by atoms with Gasteiger partial charge in [-0.15, -0.1) is 29.8 Å². The fraction of sp³-hybridized carbons (Fsp3) is 0.0769. The van der Waals surface area contributed by atoms with E-state index in [0.717, 1.165) is 72.3 Å². The van der Waals surface area contributed by atoms with Gasteiger partial charge in [0.1, 0.15) is 11.6 Å². The molecule has 0 saturated heterocycles. The average Bonchev–Trinajstić information content (AvgIpc) is 3.80. The van der Waals surface area contributed by atoms with E-state index in [1.165, 1.54) is 10.9 Å². The summed E-state index contributed by atoms with van der Waals surface area (Å²) in [6, 6.07) is 62.2. The van der Waals surface area contributed by atoms with Crippen LogP contribution < -0.4 is 0 Å². The van der Waals surface area contributed by atoms with Crippen LogP contribution in [-0.2, 0) is 26.5 Å². The van der Waals surface area contributed by atoms with Gasteiger partial charge in [-0.2, -0.15) is 0 Å². The van der Waals surface area contributed by atoms with E-state index in [1.807, 2.05) is 36.5 Å². The van der Waals surface area contributed by atoms with Crippen LogP contribution in [0.1, 0.15) is 26.3 Å². The van der Waals surface area contributed by atoms with Gasteiger partial charge in [-0.25, -0.2) is 4.98 Å². The Morgan fingerprint density at radius 3 is 2.03 bits per heavy atom. The summed E-state index contributed by atoms with van der Waals surface area (Å²) in [4.78, 5) is 10.4. The van der Waals surface area contributed by atoms with Gasteiger partial charge in [-0.05, 0) is 71.1 Å². The minimum atomic E-state index is -0.0533. The maximum atomic E-state index is 11.3. The van der Waals surface area contributed by atoms with Gasteiger partial charge < -0.3 is 9.67 Å². The van der Waals surface area contributed by atoms with Crippen molar-refractivity contribution in [3.63, 3.8) is 0 Å². The van der Waals surface area contributed by atoms with Crippen LogP contribution in [0.15, 0.2) is 176 Å². The van der Waals surface area contributed by atoms with Crippen molar-refractivity contribution in [1.29, 1.82) is 0 Å². The smallest absolute Gasteiger partial charge is 0.148 e. The molecule has 5 nitrogen and oxygen atoms in total. The number of pyridine rings is 1. The minimum Gasteiger partial charge on any atom is -0.507 e. The second kappa shape index (κ2) is 14.8. The Bertz CT molecular complexity index is 3120. The zero-order valence-corrected chi connectivity index (χ0v) is 34.6. The Kier molecular flexibility index (Phi) is 9.42. The molecule has 3 aromatic heterocycles. The fourth-order valence-corrected chi connectivity index (χ4v) is 8.17. The van der Waals surface area contributed by atoms with Gasteiger partial charge in [0, 0.05) is 60.5 Å². The number of imidazole rings is 1. The van der Waals surface area contributed by atoms with E-state index in [2.05, 4.69) is 169 Å². The first-order valence-electron chi connectivity index (χ1n) is 19.3. The number of rotatable bonds is 6. The molecule has 0 bridgehead atoms. The van der Waals surface area contributed by atoms with Crippen molar-refractivity contribution in [2.75, 3.05) is 0 Å². The van der Waals surface area contributed by atoms with Crippen molar-refractivity contribution in [3.05, 3.63) is 188 Å². The molecule has 7 aromatic carbocycles. The molecule has 3 heterocycles. The Labute approximate surface area is 352 Å². The van der Waals surface area contributed by atoms with Crippen molar-refractivity contribution in [2.45, 2.75) is 26.2 Å². The molecule has 0 spiro atoms. The summed E-state index contributed by atoms with van der Waals surface area (Å²) in [7, 11) is 0. The van der Waals surface area contributed by atoms with Gasteiger partial charge in [0.15, 0.2) is 0 Å². The first-order valence-corrected chi connectivity index (χ1v) is 19.3. The zero-order chi connectivity index (χ0) is 38.7. The Morgan fingerprint density at radius 2 is 1.24 bits per heavy atom. The number of para-hydroxylation sites is 4. The third kappa shape index (κ3) is 6.23. The fourth-order valence-electron chi connectivity index (χ4n) is 8.17. The molecule has 0 aliphatic rings. The van der Waals surface area contributed by atoms with Crippen LogP contribution in [-0.4, -0.2) is 24.2 Å². The molecule has 0 unspecified atom stereocenters. The van der Waals surface area contributed by atoms with Gasteiger partial charge in [-0.3, -0.25) is 9.55 Å². The van der Waals surface area contributed by atoms with Crippen LogP contribution in [0.3, 0.4) is 0 Å². The summed E-state index contributed by atoms with van der Waals surface area (Å²) in [6.07, 6.45) is 1.90. The van der Waals surface area contributed by atoms with Crippen LogP contribution in [0, 0.1) is 6.07 Å². The predicted octanol–water partition coefficient (Wildman–Crippen LogP) is 13.0. The molecular weight excluding hydrogens is 892 g/mol. The van der Waals surface area contributed by atoms with E-state index in [0.29, 0.717) is 11.4 Å². The normalized spacial score (nSPS) is 11.6. The van der Waals surface area contributed by atoms with E-state index in [-0.39, 0.29) is 32.2 Å². The molecule has 284 valence electrons. The SMILES string of the molecule is CC(C)(C)c1ccc(-n2c(-c3ccccc3O)nc3c(-c4[c-]c(-c5nccc6c7ccccc7n(-c7ccccc7)c56)ccc4)cccc32)c(-c2ccccc2)c1.[Pt]. The zero-order valence-electron chi connectivity index (χ0n) is 32.3. The number of benzene rings is 7. The third-order valence-electron chi connectivity index (χ3n) is 11.0.